The smallest absolute Gasteiger partial charge is 0.161 e. The van der Waals surface area contributed by atoms with Crippen LogP contribution in [0.5, 0.6) is 11.5 Å². The van der Waals surface area contributed by atoms with Gasteiger partial charge in [0.25, 0.3) is 0 Å². The summed E-state index contributed by atoms with van der Waals surface area (Å²) in [5.74, 6) is 2.03. The number of aromatic nitrogens is 2. The molecule has 0 saturated carbocycles. The zero-order valence-electron chi connectivity index (χ0n) is 14.4. The van der Waals surface area contributed by atoms with Crippen LogP contribution in [-0.2, 0) is 17.9 Å². The van der Waals surface area contributed by atoms with E-state index in [0.717, 1.165) is 16.9 Å². The average molecular weight is 342 g/mol. The third-order valence-electron chi connectivity index (χ3n) is 3.90. The van der Waals surface area contributed by atoms with Crippen LogP contribution in [0.1, 0.15) is 5.82 Å². The van der Waals surface area contributed by atoms with Crippen molar-refractivity contribution in [3.63, 3.8) is 0 Å². The first-order chi connectivity index (χ1) is 12.2. The number of ether oxygens (including phenoxy) is 3. The molecular formula is C19H22N2O4. The molecule has 0 aliphatic heterocycles. The largest absolute Gasteiger partial charge is 0.493 e. The third-order valence-corrected chi connectivity index (χ3v) is 3.90. The molecular weight excluding hydrogens is 320 g/mol. The van der Waals surface area contributed by atoms with Gasteiger partial charge in [0.2, 0.25) is 0 Å². The molecule has 6 nitrogen and oxygen atoms in total. The molecule has 0 amide bonds. The normalized spacial score (nSPS) is 12.3. The van der Waals surface area contributed by atoms with Crippen molar-refractivity contribution in [2.45, 2.75) is 19.3 Å². The molecule has 6 heteroatoms. The van der Waals surface area contributed by atoms with Crippen molar-refractivity contribution < 1.29 is 19.3 Å². The predicted octanol–water partition coefficient (Wildman–Crippen LogP) is 2.63. The second-order valence-corrected chi connectivity index (χ2v) is 5.68. The molecule has 0 spiro atoms. The number of benzene rings is 2. The molecule has 132 valence electrons. The maximum Gasteiger partial charge on any atom is 0.161 e. The van der Waals surface area contributed by atoms with Crippen LogP contribution in [0.25, 0.3) is 11.0 Å². The van der Waals surface area contributed by atoms with Crippen molar-refractivity contribution >= 4 is 11.0 Å². The first-order valence-corrected chi connectivity index (χ1v) is 8.10. The van der Waals surface area contributed by atoms with E-state index in [1.165, 1.54) is 0 Å². The predicted molar refractivity (Wildman–Crippen MR) is 94.9 cm³/mol. The Labute approximate surface area is 146 Å². The summed E-state index contributed by atoms with van der Waals surface area (Å²) >= 11 is 0. The first kappa shape index (κ1) is 17.3. The molecule has 1 atom stereocenters. The molecule has 3 aromatic rings. The number of imidazole rings is 1. The minimum atomic E-state index is -0.696. The fourth-order valence-corrected chi connectivity index (χ4v) is 2.76. The third kappa shape index (κ3) is 3.92. The van der Waals surface area contributed by atoms with Gasteiger partial charge in [0.15, 0.2) is 11.5 Å². The summed E-state index contributed by atoms with van der Waals surface area (Å²) in [6, 6.07) is 15.2. The maximum atomic E-state index is 10.4. The van der Waals surface area contributed by atoms with Crippen LogP contribution in [0.3, 0.4) is 0 Å². The van der Waals surface area contributed by atoms with E-state index < -0.39 is 6.10 Å². The topological polar surface area (TPSA) is 65.7 Å². The van der Waals surface area contributed by atoms with E-state index >= 15 is 0 Å². The number of rotatable bonds is 8. The summed E-state index contributed by atoms with van der Waals surface area (Å²) in [5.41, 5.74) is 1.85. The van der Waals surface area contributed by atoms with Crippen molar-refractivity contribution in [3.8, 4) is 11.5 Å². The standard InChI is InChI=1S/C19H22N2O4/c1-23-13-19-20-15-7-3-4-8-16(15)21(19)11-14(22)12-25-18-10-6-5-9-17(18)24-2/h3-10,14,22H,11-13H2,1-2H3/t14-/m0/s1. The molecule has 0 bridgehead atoms. The summed E-state index contributed by atoms with van der Waals surface area (Å²) in [7, 11) is 3.22. The highest BCUT2D eigenvalue weighted by Crippen LogP contribution is 2.26. The Morgan fingerprint density at radius 1 is 1.04 bits per heavy atom. The Balaban J connectivity index is 1.73. The quantitative estimate of drug-likeness (QED) is 0.682. The molecule has 0 radical (unpaired) electrons. The number of hydrogen-bond donors (Lipinski definition) is 1. The minimum Gasteiger partial charge on any atom is -0.493 e. The minimum absolute atomic E-state index is 0.152. The van der Waals surface area contributed by atoms with E-state index in [2.05, 4.69) is 4.98 Å². The maximum absolute atomic E-state index is 10.4. The fourth-order valence-electron chi connectivity index (χ4n) is 2.76. The van der Waals surface area contributed by atoms with Crippen molar-refractivity contribution in [1.29, 1.82) is 0 Å². The molecule has 0 aliphatic carbocycles. The van der Waals surface area contributed by atoms with Gasteiger partial charge in [-0.1, -0.05) is 24.3 Å². The van der Waals surface area contributed by atoms with E-state index in [0.29, 0.717) is 24.7 Å². The number of methoxy groups -OCH3 is 2. The molecule has 1 N–H and O–H groups in total. The summed E-state index contributed by atoms with van der Waals surface area (Å²) in [6.45, 7) is 0.905. The Hall–Kier alpha value is -2.57. The van der Waals surface area contributed by atoms with Crippen LogP contribution in [0, 0.1) is 0 Å². The molecule has 25 heavy (non-hydrogen) atoms. The monoisotopic (exact) mass is 342 g/mol. The molecule has 0 unspecified atom stereocenters. The van der Waals surface area contributed by atoms with Crippen LogP contribution in [0.2, 0.25) is 0 Å². The summed E-state index contributed by atoms with van der Waals surface area (Å²) in [4.78, 5) is 4.57. The second-order valence-electron chi connectivity index (χ2n) is 5.68. The number of aliphatic hydroxyl groups excluding tert-OH is 1. The van der Waals surface area contributed by atoms with Gasteiger partial charge in [-0.2, -0.15) is 0 Å². The van der Waals surface area contributed by atoms with Gasteiger partial charge in [0.1, 0.15) is 25.1 Å². The zero-order chi connectivity index (χ0) is 17.6. The number of hydrogen-bond acceptors (Lipinski definition) is 5. The molecule has 0 saturated heterocycles. The van der Waals surface area contributed by atoms with E-state index in [4.69, 9.17) is 14.2 Å². The lowest BCUT2D eigenvalue weighted by Gasteiger charge is -2.16. The molecule has 0 aliphatic rings. The van der Waals surface area contributed by atoms with Gasteiger partial charge >= 0.3 is 0 Å². The fraction of sp³-hybridized carbons (Fsp3) is 0.316. The molecule has 2 aromatic carbocycles. The van der Waals surface area contributed by atoms with Gasteiger partial charge in [-0.25, -0.2) is 4.98 Å². The van der Waals surface area contributed by atoms with Gasteiger partial charge in [0, 0.05) is 7.11 Å². The summed E-state index contributed by atoms with van der Waals surface area (Å²) in [6.07, 6.45) is -0.696. The van der Waals surface area contributed by atoms with Crippen LogP contribution >= 0.6 is 0 Å². The second kappa shape index (κ2) is 8.00. The van der Waals surface area contributed by atoms with Crippen LogP contribution in [-0.4, -0.2) is 41.6 Å². The van der Waals surface area contributed by atoms with Crippen molar-refractivity contribution in [2.24, 2.45) is 0 Å². The molecule has 1 heterocycles. The highest BCUT2D eigenvalue weighted by Gasteiger charge is 2.15. The first-order valence-electron chi connectivity index (χ1n) is 8.10. The highest BCUT2D eigenvalue weighted by molar-refractivity contribution is 5.75. The van der Waals surface area contributed by atoms with Gasteiger partial charge in [0.05, 0.1) is 24.7 Å². The Kier molecular flexibility index (Phi) is 5.53. The zero-order valence-corrected chi connectivity index (χ0v) is 14.4. The van der Waals surface area contributed by atoms with Crippen molar-refractivity contribution in [3.05, 3.63) is 54.4 Å². The van der Waals surface area contributed by atoms with Crippen molar-refractivity contribution in [1.82, 2.24) is 9.55 Å². The van der Waals surface area contributed by atoms with Gasteiger partial charge in [-0.3, -0.25) is 0 Å². The molecule has 0 fully saturated rings. The number of aliphatic hydroxyl groups is 1. The Morgan fingerprint density at radius 2 is 1.76 bits per heavy atom. The molecule has 1 aromatic heterocycles. The van der Waals surface area contributed by atoms with E-state index in [9.17, 15) is 5.11 Å². The highest BCUT2D eigenvalue weighted by atomic mass is 16.5. The van der Waals surface area contributed by atoms with Gasteiger partial charge < -0.3 is 23.9 Å². The van der Waals surface area contributed by atoms with Crippen LogP contribution in [0.15, 0.2) is 48.5 Å². The Morgan fingerprint density at radius 3 is 2.52 bits per heavy atom. The van der Waals surface area contributed by atoms with E-state index in [1.54, 1.807) is 14.2 Å². The van der Waals surface area contributed by atoms with E-state index in [1.807, 2.05) is 53.1 Å². The number of nitrogens with zero attached hydrogens (tertiary/aromatic N) is 2. The van der Waals surface area contributed by atoms with Gasteiger partial charge in [-0.15, -0.1) is 0 Å². The summed E-state index contributed by atoms with van der Waals surface area (Å²) in [5, 5.41) is 10.4. The van der Waals surface area contributed by atoms with Crippen molar-refractivity contribution in [2.75, 3.05) is 20.8 Å². The van der Waals surface area contributed by atoms with Crippen LogP contribution in [0.4, 0.5) is 0 Å². The van der Waals surface area contributed by atoms with Crippen LogP contribution < -0.4 is 9.47 Å². The lowest BCUT2D eigenvalue weighted by Crippen LogP contribution is -2.24. The lowest BCUT2D eigenvalue weighted by molar-refractivity contribution is 0.0887. The molecule has 3 rings (SSSR count). The number of para-hydroxylation sites is 4. The van der Waals surface area contributed by atoms with E-state index in [-0.39, 0.29) is 6.61 Å². The SMILES string of the molecule is COCc1nc2ccccc2n1C[C@H](O)COc1ccccc1OC. The summed E-state index contributed by atoms with van der Waals surface area (Å²) < 4.78 is 18.2. The van der Waals surface area contributed by atoms with Gasteiger partial charge in [-0.05, 0) is 24.3 Å². The Bertz CT molecular complexity index is 831. The average Bonchev–Trinajstić information content (AvgIpc) is 2.98. The number of fused-ring (bicyclic) bond motifs is 1. The lowest BCUT2D eigenvalue weighted by atomic mass is 10.3.